The molecule has 0 radical (unpaired) electrons. The third-order valence-electron chi connectivity index (χ3n) is 4.24. The second-order valence-electron chi connectivity index (χ2n) is 6.50. The molecule has 0 atom stereocenters. The Morgan fingerprint density at radius 3 is 2.37 bits per heavy atom. The summed E-state index contributed by atoms with van der Waals surface area (Å²) in [5, 5.41) is 3.01. The fourth-order valence-electron chi connectivity index (χ4n) is 2.71. The number of rotatable bonds is 7. The molecule has 3 aromatic carbocycles. The van der Waals surface area contributed by atoms with Gasteiger partial charge in [-0.2, -0.15) is 0 Å². The van der Waals surface area contributed by atoms with Crippen LogP contribution in [0.5, 0.6) is 0 Å². The first kappa shape index (κ1) is 22.2. The molecule has 0 fully saturated rings. The Kier molecular flexibility index (Phi) is 7.07. The number of aryl methyl sites for hydroxylation is 1. The van der Waals surface area contributed by atoms with Gasteiger partial charge in [-0.05, 0) is 55.1 Å². The fourth-order valence-corrected chi connectivity index (χ4v) is 4.83. The number of anilines is 2. The predicted octanol–water partition coefficient (Wildman–Crippen LogP) is 5.81. The molecule has 0 bridgehead atoms. The average Bonchev–Trinajstić information content (AvgIpc) is 2.71. The van der Waals surface area contributed by atoms with E-state index < -0.39 is 10.0 Å². The predicted molar refractivity (Wildman–Crippen MR) is 124 cm³/mol. The summed E-state index contributed by atoms with van der Waals surface area (Å²) in [5.74, 6) is 0.558. The first-order valence-corrected chi connectivity index (χ1v) is 12.1. The molecule has 0 aliphatic heterocycles. The summed E-state index contributed by atoms with van der Waals surface area (Å²) in [4.78, 5) is 13.8. The largest absolute Gasteiger partial charge is 0.321 e. The summed E-state index contributed by atoms with van der Waals surface area (Å²) in [6.45, 7) is 3.92. The molecule has 0 aliphatic carbocycles. The maximum Gasteiger partial charge on any atom is 0.261 e. The van der Waals surface area contributed by atoms with E-state index >= 15 is 0 Å². The lowest BCUT2D eigenvalue weighted by Crippen LogP contribution is -2.15. The van der Waals surface area contributed by atoms with Crippen LogP contribution in [-0.4, -0.2) is 20.1 Å². The molecular weight excluding hydrogens is 440 g/mol. The molecule has 2 N–H and O–H groups in total. The van der Waals surface area contributed by atoms with Crippen LogP contribution < -0.4 is 10.0 Å². The second kappa shape index (κ2) is 9.55. The van der Waals surface area contributed by atoms with Crippen LogP contribution in [0.4, 0.5) is 11.4 Å². The number of thioether (sulfide) groups is 1. The Morgan fingerprint density at radius 1 is 1.00 bits per heavy atom. The number of carbonyl (C=O) groups is 1. The Labute approximate surface area is 185 Å². The van der Waals surface area contributed by atoms with Crippen molar-refractivity contribution in [1.82, 2.24) is 0 Å². The van der Waals surface area contributed by atoms with Gasteiger partial charge in [0.25, 0.3) is 15.9 Å². The van der Waals surface area contributed by atoms with E-state index in [-0.39, 0.29) is 21.5 Å². The van der Waals surface area contributed by atoms with Crippen LogP contribution in [0.3, 0.4) is 0 Å². The van der Waals surface area contributed by atoms with E-state index in [1.54, 1.807) is 23.9 Å². The summed E-state index contributed by atoms with van der Waals surface area (Å²) in [5.41, 5.74) is 2.21. The molecule has 0 saturated carbocycles. The van der Waals surface area contributed by atoms with Crippen LogP contribution in [-0.2, 0) is 10.0 Å². The maximum atomic E-state index is 12.7. The number of benzene rings is 3. The number of hydrogen-bond acceptors (Lipinski definition) is 4. The molecule has 0 saturated heterocycles. The normalized spacial score (nSPS) is 11.2. The number of hydrogen-bond donors (Lipinski definition) is 2. The highest BCUT2D eigenvalue weighted by molar-refractivity contribution is 7.99. The summed E-state index contributed by atoms with van der Waals surface area (Å²) in [6, 6.07) is 18.5. The quantitative estimate of drug-likeness (QED) is 0.436. The van der Waals surface area contributed by atoms with Gasteiger partial charge in [-0.15, -0.1) is 11.8 Å². The maximum absolute atomic E-state index is 12.7. The van der Waals surface area contributed by atoms with E-state index in [1.165, 1.54) is 30.3 Å². The average molecular weight is 461 g/mol. The smallest absolute Gasteiger partial charge is 0.261 e. The molecular formula is C22H21ClN2O3S2. The van der Waals surface area contributed by atoms with E-state index in [1.807, 2.05) is 38.1 Å². The Morgan fingerprint density at radius 2 is 1.70 bits per heavy atom. The zero-order chi connectivity index (χ0) is 21.7. The highest BCUT2D eigenvalue weighted by atomic mass is 35.5. The van der Waals surface area contributed by atoms with Crippen molar-refractivity contribution < 1.29 is 13.2 Å². The van der Waals surface area contributed by atoms with E-state index in [4.69, 9.17) is 11.6 Å². The van der Waals surface area contributed by atoms with Gasteiger partial charge in [0.05, 0.1) is 21.3 Å². The van der Waals surface area contributed by atoms with Gasteiger partial charge in [0, 0.05) is 10.5 Å². The fraction of sp³-hybridized carbons (Fsp3) is 0.136. The van der Waals surface area contributed by atoms with Gasteiger partial charge in [0.15, 0.2) is 0 Å². The summed E-state index contributed by atoms with van der Waals surface area (Å²) in [6.07, 6.45) is 0. The number of amides is 1. The number of halogens is 1. The van der Waals surface area contributed by atoms with Crippen LogP contribution in [0.1, 0.15) is 22.8 Å². The topological polar surface area (TPSA) is 75.3 Å². The molecule has 30 heavy (non-hydrogen) atoms. The van der Waals surface area contributed by atoms with Crippen molar-refractivity contribution in [3.05, 3.63) is 82.9 Å². The van der Waals surface area contributed by atoms with Gasteiger partial charge < -0.3 is 5.32 Å². The number of para-hydroxylation sites is 1. The first-order chi connectivity index (χ1) is 14.3. The van der Waals surface area contributed by atoms with Crippen LogP contribution in [0.15, 0.2) is 76.5 Å². The second-order valence-corrected chi connectivity index (χ2v) is 9.89. The monoisotopic (exact) mass is 460 g/mol. The van der Waals surface area contributed by atoms with Crippen molar-refractivity contribution in [2.45, 2.75) is 23.6 Å². The molecule has 0 spiro atoms. The molecule has 0 heterocycles. The number of carbonyl (C=O) groups excluding carboxylic acids is 1. The molecule has 8 heteroatoms. The standard InChI is InChI=1S/C22H21ClN2O3S2/c1-3-29-21-7-5-4-6-20(21)24-22(26)16-10-13-19(18(23)14-16)25-30(27,28)17-11-8-15(2)9-12-17/h4-14,25H,3H2,1-2H3,(H,24,26). The van der Waals surface area contributed by atoms with Gasteiger partial charge in [-0.1, -0.05) is 48.4 Å². The third kappa shape index (κ3) is 5.36. The lowest BCUT2D eigenvalue weighted by molar-refractivity contribution is 0.102. The van der Waals surface area contributed by atoms with Gasteiger partial charge in [0.2, 0.25) is 0 Å². The Hall–Kier alpha value is -2.48. The minimum Gasteiger partial charge on any atom is -0.321 e. The van der Waals surface area contributed by atoms with Crippen LogP contribution in [0.2, 0.25) is 5.02 Å². The van der Waals surface area contributed by atoms with Crippen LogP contribution in [0, 0.1) is 6.92 Å². The minimum atomic E-state index is -3.78. The summed E-state index contributed by atoms with van der Waals surface area (Å²) >= 11 is 7.90. The molecule has 5 nitrogen and oxygen atoms in total. The van der Waals surface area contributed by atoms with Gasteiger partial charge >= 0.3 is 0 Å². The van der Waals surface area contributed by atoms with Crippen molar-refractivity contribution in [1.29, 1.82) is 0 Å². The molecule has 3 aromatic rings. The van der Waals surface area contributed by atoms with E-state index in [0.717, 1.165) is 21.9 Å². The molecule has 0 unspecified atom stereocenters. The van der Waals surface area contributed by atoms with Gasteiger partial charge in [-0.3, -0.25) is 9.52 Å². The number of sulfonamides is 1. The van der Waals surface area contributed by atoms with Crippen molar-refractivity contribution in [3.63, 3.8) is 0 Å². The minimum absolute atomic E-state index is 0.134. The van der Waals surface area contributed by atoms with Gasteiger partial charge in [0.1, 0.15) is 0 Å². The molecule has 1 amide bonds. The highest BCUT2D eigenvalue weighted by Gasteiger charge is 2.17. The summed E-state index contributed by atoms with van der Waals surface area (Å²) in [7, 11) is -3.78. The lowest BCUT2D eigenvalue weighted by atomic mass is 10.2. The van der Waals surface area contributed by atoms with Crippen molar-refractivity contribution >= 4 is 50.7 Å². The Bertz CT molecular complexity index is 1160. The lowest BCUT2D eigenvalue weighted by Gasteiger charge is -2.12. The van der Waals surface area contributed by atoms with E-state index in [0.29, 0.717) is 5.56 Å². The third-order valence-corrected chi connectivity index (χ3v) is 6.89. The van der Waals surface area contributed by atoms with Crippen molar-refractivity contribution in [2.75, 3.05) is 15.8 Å². The summed E-state index contributed by atoms with van der Waals surface area (Å²) < 4.78 is 27.6. The van der Waals surface area contributed by atoms with Gasteiger partial charge in [-0.25, -0.2) is 8.42 Å². The SMILES string of the molecule is CCSc1ccccc1NC(=O)c1ccc(NS(=O)(=O)c2ccc(C)cc2)c(Cl)c1. The zero-order valence-electron chi connectivity index (χ0n) is 16.5. The Balaban J connectivity index is 1.78. The van der Waals surface area contributed by atoms with Crippen molar-refractivity contribution in [2.24, 2.45) is 0 Å². The van der Waals surface area contributed by atoms with E-state index in [2.05, 4.69) is 10.0 Å². The van der Waals surface area contributed by atoms with Crippen LogP contribution in [0.25, 0.3) is 0 Å². The zero-order valence-corrected chi connectivity index (χ0v) is 18.9. The molecule has 0 aliphatic rings. The molecule has 3 rings (SSSR count). The molecule has 156 valence electrons. The first-order valence-electron chi connectivity index (χ1n) is 9.22. The van der Waals surface area contributed by atoms with E-state index in [9.17, 15) is 13.2 Å². The highest BCUT2D eigenvalue weighted by Crippen LogP contribution is 2.29. The van der Waals surface area contributed by atoms with Crippen LogP contribution >= 0.6 is 23.4 Å². The molecule has 0 aromatic heterocycles. The number of nitrogens with one attached hydrogen (secondary N) is 2. The van der Waals surface area contributed by atoms with Crippen molar-refractivity contribution in [3.8, 4) is 0 Å².